The van der Waals surface area contributed by atoms with Gasteiger partial charge in [-0.05, 0) is 40.0 Å². The Hall–Kier alpha value is -1.56. The Labute approximate surface area is 126 Å². The largest absolute Gasteiger partial charge is 0.444 e. The topological polar surface area (TPSA) is 73.4 Å². The Morgan fingerprint density at radius 1 is 1.48 bits per heavy atom. The number of likely N-dealkylation sites (tertiary alicyclic amines) is 1. The van der Waals surface area contributed by atoms with Gasteiger partial charge in [-0.3, -0.25) is 4.90 Å². The van der Waals surface area contributed by atoms with Gasteiger partial charge in [-0.25, -0.2) is 9.78 Å². The molecule has 1 aliphatic heterocycles. The molecule has 1 aromatic heterocycles. The number of nitrogens with zero attached hydrogens (tertiary/aromatic N) is 3. The average Bonchev–Trinajstić information content (AvgIpc) is 2.85. The molecule has 1 atom stereocenters. The molecule has 6 nitrogen and oxygen atoms in total. The predicted molar refractivity (Wildman–Crippen MR) is 80.8 cm³/mol. The quantitative estimate of drug-likeness (QED) is 0.928. The van der Waals surface area contributed by atoms with Gasteiger partial charge in [-0.2, -0.15) is 0 Å². The first-order valence-corrected chi connectivity index (χ1v) is 7.62. The zero-order valence-electron chi connectivity index (χ0n) is 13.2. The molecule has 2 rings (SSSR count). The Morgan fingerprint density at radius 2 is 2.24 bits per heavy atom. The van der Waals surface area contributed by atoms with Gasteiger partial charge in [-0.15, -0.1) is 0 Å². The number of hydrogen-bond acceptors (Lipinski definition) is 4. The maximum absolute atomic E-state index is 12.4. The summed E-state index contributed by atoms with van der Waals surface area (Å²) < 4.78 is 7.57. The minimum absolute atomic E-state index is 0.0302. The lowest BCUT2D eigenvalue weighted by molar-refractivity contribution is 0.00861. The van der Waals surface area contributed by atoms with Crippen molar-refractivity contribution in [1.82, 2.24) is 14.5 Å². The van der Waals surface area contributed by atoms with Gasteiger partial charge in [0.2, 0.25) is 0 Å². The summed E-state index contributed by atoms with van der Waals surface area (Å²) in [5.74, 6) is 0. The van der Waals surface area contributed by atoms with E-state index in [1.165, 1.54) is 0 Å². The van der Waals surface area contributed by atoms with Crippen LogP contribution in [0.25, 0.3) is 0 Å². The Morgan fingerprint density at radius 3 is 2.90 bits per heavy atom. The Kier molecular flexibility index (Phi) is 4.88. The van der Waals surface area contributed by atoms with Gasteiger partial charge in [0.1, 0.15) is 5.60 Å². The van der Waals surface area contributed by atoms with Gasteiger partial charge in [-0.1, -0.05) is 0 Å². The summed E-state index contributed by atoms with van der Waals surface area (Å²) in [5.41, 5.74) is 6.21. The zero-order chi connectivity index (χ0) is 15.5. The van der Waals surface area contributed by atoms with Crippen LogP contribution in [-0.2, 0) is 11.3 Å². The second-order valence-corrected chi connectivity index (χ2v) is 6.49. The number of nitrogens with two attached hydrogens (primary N) is 1. The lowest BCUT2D eigenvalue weighted by Gasteiger charge is -2.37. The molecule has 2 heterocycles. The van der Waals surface area contributed by atoms with E-state index in [1.807, 2.05) is 36.4 Å². The highest BCUT2D eigenvalue weighted by atomic mass is 16.6. The van der Waals surface area contributed by atoms with E-state index < -0.39 is 5.60 Å². The molecule has 6 heteroatoms. The summed E-state index contributed by atoms with van der Waals surface area (Å²) in [7, 11) is 0. The van der Waals surface area contributed by atoms with Crippen LogP contribution in [0.4, 0.5) is 4.79 Å². The number of rotatable bonds is 3. The first-order valence-electron chi connectivity index (χ1n) is 7.62. The highest BCUT2D eigenvalue weighted by Gasteiger charge is 2.32. The second kappa shape index (κ2) is 6.47. The SMILES string of the molecule is CC(C)(C)OC(=O)N1CCCCC1c1cncn1CCN. The maximum Gasteiger partial charge on any atom is 0.410 e. The number of carbonyl (C=O) groups excluding carboxylic acids is 1. The van der Waals surface area contributed by atoms with E-state index in [4.69, 9.17) is 10.5 Å². The molecule has 0 aromatic carbocycles. The molecule has 118 valence electrons. The van der Waals surface area contributed by atoms with E-state index in [0.29, 0.717) is 13.1 Å². The smallest absolute Gasteiger partial charge is 0.410 e. The molecule has 0 aliphatic carbocycles. The predicted octanol–water partition coefficient (Wildman–Crippen LogP) is 2.30. The molecule has 2 N–H and O–H groups in total. The van der Waals surface area contributed by atoms with Crippen LogP contribution in [0.5, 0.6) is 0 Å². The summed E-state index contributed by atoms with van der Waals surface area (Å²) >= 11 is 0. The summed E-state index contributed by atoms with van der Waals surface area (Å²) in [6, 6.07) is 0.0302. The summed E-state index contributed by atoms with van der Waals surface area (Å²) in [5, 5.41) is 0. The molecule has 1 amide bonds. The number of ether oxygens (including phenoxy) is 1. The minimum atomic E-state index is -0.476. The van der Waals surface area contributed by atoms with E-state index in [2.05, 4.69) is 4.98 Å². The molecule has 0 spiro atoms. The molecule has 1 unspecified atom stereocenters. The van der Waals surface area contributed by atoms with Crippen molar-refractivity contribution in [3.05, 3.63) is 18.2 Å². The van der Waals surface area contributed by atoms with Crippen molar-refractivity contribution in [1.29, 1.82) is 0 Å². The lowest BCUT2D eigenvalue weighted by atomic mass is 10.00. The Balaban J connectivity index is 2.18. The molecule has 1 saturated heterocycles. The van der Waals surface area contributed by atoms with Gasteiger partial charge in [0, 0.05) is 19.6 Å². The van der Waals surface area contributed by atoms with Crippen molar-refractivity contribution >= 4 is 6.09 Å². The van der Waals surface area contributed by atoms with E-state index in [1.54, 1.807) is 6.33 Å². The summed E-state index contributed by atoms with van der Waals surface area (Å²) in [6.45, 7) is 7.68. The van der Waals surface area contributed by atoms with Crippen molar-refractivity contribution in [2.24, 2.45) is 5.73 Å². The van der Waals surface area contributed by atoms with E-state index >= 15 is 0 Å². The zero-order valence-corrected chi connectivity index (χ0v) is 13.2. The van der Waals surface area contributed by atoms with Crippen molar-refractivity contribution in [2.75, 3.05) is 13.1 Å². The van der Waals surface area contributed by atoms with Crippen molar-refractivity contribution in [3.63, 3.8) is 0 Å². The molecular weight excluding hydrogens is 268 g/mol. The third-order valence-corrected chi connectivity index (χ3v) is 3.59. The molecule has 1 aliphatic rings. The number of imidazole rings is 1. The third-order valence-electron chi connectivity index (χ3n) is 3.59. The van der Waals surface area contributed by atoms with Gasteiger partial charge >= 0.3 is 6.09 Å². The van der Waals surface area contributed by atoms with Crippen LogP contribution in [0.2, 0.25) is 0 Å². The fourth-order valence-corrected chi connectivity index (χ4v) is 2.71. The first kappa shape index (κ1) is 15.8. The third kappa shape index (κ3) is 3.97. The number of piperidine rings is 1. The Bertz CT molecular complexity index is 478. The van der Waals surface area contributed by atoms with Crippen LogP contribution in [-0.4, -0.2) is 39.2 Å². The number of amides is 1. The van der Waals surface area contributed by atoms with Gasteiger partial charge in [0.15, 0.2) is 0 Å². The molecule has 21 heavy (non-hydrogen) atoms. The normalized spacial score (nSPS) is 19.6. The van der Waals surface area contributed by atoms with Crippen LogP contribution in [0, 0.1) is 0 Å². The molecular formula is C15H26N4O2. The van der Waals surface area contributed by atoms with Crippen LogP contribution in [0.3, 0.4) is 0 Å². The van der Waals surface area contributed by atoms with Crippen molar-refractivity contribution in [3.8, 4) is 0 Å². The van der Waals surface area contributed by atoms with E-state index in [0.717, 1.165) is 31.5 Å². The maximum atomic E-state index is 12.4. The monoisotopic (exact) mass is 294 g/mol. The average molecular weight is 294 g/mol. The summed E-state index contributed by atoms with van der Waals surface area (Å²) in [4.78, 5) is 18.5. The molecule has 0 bridgehead atoms. The van der Waals surface area contributed by atoms with Crippen LogP contribution in [0.15, 0.2) is 12.5 Å². The van der Waals surface area contributed by atoms with Crippen LogP contribution >= 0.6 is 0 Å². The number of carbonyl (C=O) groups is 1. The number of aromatic nitrogens is 2. The van der Waals surface area contributed by atoms with E-state index in [9.17, 15) is 4.79 Å². The fourth-order valence-electron chi connectivity index (χ4n) is 2.71. The second-order valence-electron chi connectivity index (χ2n) is 6.49. The first-order chi connectivity index (χ1) is 9.92. The van der Waals surface area contributed by atoms with Gasteiger partial charge in [0.25, 0.3) is 0 Å². The van der Waals surface area contributed by atoms with Crippen molar-refractivity contribution < 1.29 is 9.53 Å². The molecule has 1 aromatic rings. The highest BCUT2D eigenvalue weighted by Crippen LogP contribution is 2.32. The van der Waals surface area contributed by atoms with E-state index in [-0.39, 0.29) is 12.1 Å². The van der Waals surface area contributed by atoms with Gasteiger partial charge < -0.3 is 15.0 Å². The molecule has 0 radical (unpaired) electrons. The van der Waals surface area contributed by atoms with Crippen LogP contribution in [0.1, 0.15) is 51.8 Å². The molecule has 0 saturated carbocycles. The van der Waals surface area contributed by atoms with Gasteiger partial charge in [0.05, 0.1) is 24.3 Å². The minimum Gasteiger partial charge on any atom is -0.444 e. The number of hydrogen-bond donors (Lipinski definition) is 1. The van der Waals surface area contributed by atoms with Crippen molar-refractivity contribution in [2.45, 2.75) is 58.2 Å². The highest BCUT2D eigenvalue weighted by molar-refractivity contribution is 5.69. The molecule has 1 fully saturated rings. The lowest BCUT2D eigenvalue weighted by Crippen LogP contribution is -2.42. The van der Waals surface area contributed by atoms with Crippen LogP contribution < -0.4 is 5.73 Å². The summed E-state index contributed by atoms with van der Waals surface area (Å²) in [6.07, 6.45) is 6.44. The standard InChI is InChI=1S/C15H26N4O2/c1-15(2,3)21-14(20)19-8-5-4-6-12(19)13-10-17-11-18(13)9-7-16/h10-12H,4-9,16H2,1-3H3. The fraction of sp³-hybridized carbons (Fsp3) is 0.733.